The van der Waals surface area contributed by atoms with Gasteiger partial charge in [0.2, 0.25) is 0 Å². The topological polar surface area (TPSA) is 80.3 Å². The molecule has 0 bridgehead atoms. The van der Waals surface area contributed by atoms with E-state index in [1.807, 2.05) is 35.2 Å². The van der Waals surface area contributed by atoms with Gasteiger partial charge in [0.05, 0.1) is 20.8 Å². The predicted octanol–water partition coefficient (Wildman–Crippen LogP) is 3.56. The fourth-order valence-electron chi connectivity index (χ4n) is 3.91. The molecule has 146 valence electrons. The standard InChI is InChI=1S/C21H24N4O3/c1-27-17-8-10-20(28-2)15(11-17)13-25(16-5-3-4-6-16)21(26)14-7-9-18-19(12-14)23-24-22-18/h7-12,16H,3-6,13H2,1-2H3,(H,22,23,24). The summed E-state index contributed by atoms with van der Waals surface area (Å²) in [7, 11) is 3.28. The number of aromatic amines is 1. The Bertz CT molecular complexity index is 979. The maximum absolute atomic E-state index is 13.5. The average Bonchev–Trinajstić information content (AvgIpc) is 3.42. The first-order chi connectivity index (χ1) is 13.7. The van der Waals surface area contributed by atoms with E-state index in [2.05, 4.69) is 15.4 Å². The number of ether oxygens (including phenoxy) is 2. The molecule has 7 heteroatoms. The molecule has 0 aliphatic heterocycles. The molecule has 1 aliphatic rings. The molecule has 1 aliphatic carbocycles. The van der Waals surface area contributed by atoms with Gasteiger partial charge in [0.25, 0.3) is 5.91 Å². The SMILES string of the molecule is COc1ccc(OC)c(CN(C(=O)c2ccc3n[nH]nc3c2)C2CCCC2)c1. The lowest BCUT2D eigenvalue weighted by molar-refractivity contribution is 0.0663. The van der Waals surface area contributed by atoms with Gasteiger partial charge in [-0.05, 0) is 49.2 Å². The minimum absolute atomic E-state index is 0.00155. The van der Waals surface area contributed by atoms with Crippen molar-refractivity contribution in [1.29, 1.82) is 0 Å². The van der Waals surface area contributed by atoms with E-state index in [-0.39, 0.29) is 11.9 Å². The first-order valence-corrected chi connectivity index (χ1v) is 9.52. The van der Waals surface area contributed by atoms with Crippen LogP contribution in [0.4, 0.5) is 0 Å². The van der Waals surface area contributed by atoms with E-state index in [4.69, 9.17) is 9.47 Å². The van der Waals surface area contributed by atoms with Crippen molar-refractivity contribution in [2.75, 3.05) is 14.2 Å². The highest BCUT2D eigenvalue weighted by molar-refractivity contribution is 5.97. The smallest absolute Gasteiger partial charge is 0.254 e. The van der Waals surface area contributed by atoms with E-state index in [0.29, 0.717) is 17.6 Å². The summed E-state index contributed by atoms with van der Waals surface area (Å²) in [6.07, 6.45) is 4.33. The fourth-order valence-corrected chi connectivity index (χ4v) is 3.91. The Kier molecular flexibility index (Phi) is 5.14. The lowest BCUT2D eigenvalue weighted by Gasteiger charge is -2.30. The van der Waals surface area contributed by atoms with Crippen LogP contribution in [0, 0.1) is 0 Å². The molecule has 0 atom stereocenters. The number of rotatable bonds is 6. The van der Waals surface area contributed by atoms with Gasteiger partial charge in [-0.25, -0.2) is 0 Å². The number of nitrogens with one attached hydrogen (secondary N) is 1. The Morgan fingerprint density at radius 1 is 1.07 bits per heavy atom. The van der Waals surface area contributed by atoms with Gasteiger partial charge in [-0.1, -0.05) is 12.8 Å². The normalized spacial score (nSPS) is 14.4. The molecule has 1 N–H and O–H groups in total. The van der Waals surface area contributed by atoms with Crippen LogP contribution >= 0.6 is 0 Å². The molecule has 3 aromatic rings. The highest BCUT2D eigenvalue weighted by atomic mass is 16.5. The fraction of sp³-hybridized carbons (Fsp3) is 0.381. The van der Waals surface area contributed by atoms with Crippen molar-refractivity contribution in [3.05, 3.63) is 47.5 Å². The maximum atomic E-state index is 13.5. The Labute approximate surface area is 163 Å². The molecule has 1 heterocycles. The molecule has 0 spiro atoms. The first kappa shape index (κ1) is 18.3. The van der Waals surface area contributed by atoms with Crippen molar-refractivity contribution in [2.45, 2.75) is 38.3 Å². The van der Waals surface area contributed by atoms with E-state index in [9.17, 15) is 4.79 Å². The van der Waals surface area contributed by atoms with E-state index < -0.39 is 0 Å². The van der Waals surface area contributed by atoms with Crippen molar-refractivity contribution >= 4 is 16.9 Å². The van der Waals surface area contributed by atoms with Gasteiger partial charge >= 0.3 is 0 Å². The van der Waals surface area contributed by atoms with Crippen LogP contribution < -0.4 is 9.47 Å². The molecule has 28 heavy (non-hydrogen) atoms. The summed E-state index contributed by atoms with van der Waals surface area (Å²) < 4.78 is 10.9. The highest BCUT2D eigenvalue weighted by Gasteiger charge is 2.28. The van der Waals surface area contributed by atoms with Crippen LogP contribution in [-0.4, -0.2) is 46.5 Å². The zero-order valence-electron chi connectivity index (χ0n) is 16.1. The Balaban J connectivity index is 1.68. The maximum Gasteiger partial charge on any atom is 0.254 e. The number of carbonyl (C=O) groups excluding carboxylic acids is 1. The van der Waals surface area contributed by atoms with Crippen molar-refractivity contribution in [2.24, 2.45) is 0 Å². The molecular formula is C21H24N4O3. The van der Waals surface area contributed by atoms with Gasteiger partial charge in [-0.2, -0.15) is 15.4 Å². The number of nitrogens with zero attached hydrogens (tertiary/aromatic N) is 3. The molecule has 1 saturated carbocycles. The predicted molar refractivity (Wildman–Crippen MR) is 106 cm³/mol. The molecule has 4 rings (SSSR count). The number of benzene rings is 2. The number of aromatic nitrogens is 3. The zero-order chi connectivity index (χ0) is 19.5. The summed E-state index contributed by atoms with van der Waals surface area (Å²) >= 11 is 0. The number of methoxy groups -OCH3 is 2. The first-order valence-electron chi connectivity index (χ1n) is 9.52. The molecule has 0 saturated heterocycles. The second kappa shape index (κ2) is 7.88. The van der Waals surface area contributed by atoms with Gasteiger partial charge in [0.15, 0.2) is 0 Å². The van der Waals surface area contributed by atoms with Gasteiger partial charge in [-0.3, -0.25) is 4.79 Å². The van der Waals surface area contributed by atoms with Crippen molar-refractivity contribution < 1.29 is 14.3 Å². The number of hydrogen-bond donors (Lipinski definition) is 1. The van der Waals surface area contributed by atoms with Crippen LogP contribution in [-0.2, 0) is 6.54 Å². The van der Waals surface area contributed by atoms with Gasteiger partial charge in [0.1, 0.15) is 22.5 Å². The zero-order valence-corrected chi connectivity index (χ0v) is 16.1. The van der Waals surface area contributed by atoms with Gasteiger partial charge in [0, 0.05) is 17.2 Å². The highest BCUT2D eigenvalue weighted by Crippen LogP contribution is 2.31. The van der Waals surface area contributed by atoms with E-state index in [1.54, 1.807) is 20.3 Å². The number of H-pyrrole nitrogens is 1. The third-order valence-corrected chi connectivity index (χ3v) is 5.42. The van der Waals surface area contributed by atoms with E-state index in [1.165, 1.54) is 0 Å². The molecule has 1 amide bonds. The summed E-state index contributed by atoms with van der Waals surface area (Å²) in [5.41, 5.74) is 2.99. The molecule has 7 nitrogen and oxygen atoms in total. The quantitative estimate of drug-likeness (QED) is 0.707. The summed E-state index contributed by atoms with van der Waals surface area (Å²) in [6, 6.07) is 11.3. The van der Waals surface area contributed by atoms with Crippen LogP contribution in [0.5, 0.6) is 11.5 Å². The third kappa shape index (κ3) is 3.52. The van der Waals surface area contributed by atoms with E-state index >= 15 is 0 Å². The van der Waals surface area contributed by atoms with Crippen LogP contribution in [0.25, 0.3) is 11.0 Å². The summed E-state index contributed by atoms with van der Waals surface area (Å²) in [6.45, 7) is 0.473. The van der Waals surface area contributed by atoms with Crippen LogP contribution in [0.1, 0.15) is 41.6 Å². The Hall–Kier alpha value is -3.09. The monoisotopic (exact) mass is 380 g/mol. The lowest BCUT2D eigenvalue weighted by Crippen LogP contribution is -2.38. The molecule has 1 fully saturated rings. The second-order valence-electron chi connectivity index (χ2n) is 7.08. The van der Waals surface area contributed by atoms with Crippen LogP contribution in [0.15, 0.2) is 36.4 Å². The number of fused-ring (bicyclic) bond motifs is 1. The van der Waals surface area contributed by atoms with E-state index in [0.717, 1.165) is 48.3 Å². The molecule has 0 unspecified atom stereocenters. The van der Waals surface area contributed by atoms with Crippen LogP contribution in [0.2, 0.25) is 0 Å². The third-order valence-electron chi connectivity index (χ3n) is 5.42. The summed E-state index contributed by atoms with van der Waals surface area (Å²) in [4.78, 5) is 15.4. The van der Waals surface area contributed by atoms with Crippen molar-refractivity contribution in [3.8, 4) is 11.5 Å². The van der Waals surface area contributed by atoms with Crippen molar-refractivity contribution in [1.82, 2.24) is 20.3 Å². The molecule has 0 radical (unpaired) electrons. The van der Waals surface area contributed by atoms with Crippen molar-refractivity contribution in [3.63, 3.8) is 0 Å². The average molecular weight is 380 g/mol. The Morgan fingerprint density at radius 2 is 1.86 bits per heavy atom. The minimum atomic E-state index is 0.00155. The van der Waals surface area contributed by atoms with Crippen LogP contribution in [0.3, 0.4) is 0 Å². The second-order valence-corrected chi connectivity index (χ2v) is 7.08. The summed E-state index contributed by atoms with van der Waals surface area (Å²) in [5, 5.41) is 10.8. The summed E-state index contributed by atoms with van der Waals surface area (Å²) in [5.74, 6) is 1.50. The number of hydrogen-bond acceptors (Lipinski definition) is 5. The number of amides is 1. The van der Waals surface area contributed by atoms with Gasteiger partial charge in [-0.15, -0.1) is 0 Å². The lowest BCUT2D eigenvalue weighted by atomic mass is 10.1. The Morgan fingerprint density at radius 3 is 2.61 bits per heavy atom. The van der Waals surface area contributed by atoms with Gasteiger partial charge < -0.3 is 14.4 Å². The largest absolute Gasteiger partial charge is 0.497 e. The number of carbonyl (C=O) groups is 1. The molecule has 2 aromatic carbocycles. The minimum Gasteiger partial charge on any atom is -0.497 e. The molecule has 1 aromatic heterocycles. The molecular weight excluding hydrogens is 356 g/mol.